The summed E-state index contributed by atoms with van der Waals surface area (Å²) in [6.45, 7) is 12.0. The summed E-state index contributed by atoms with van der Waals surface area (Å²) in [6, 6.07) is 0. The lowest BCUT2D eigenvalue weighted by atomic mass is 9.80. The first-order valence-corrected chi connectivity index (χ1v) is 11.3. The molecule has 2 fully saturated rings. The molecule has 1 aliphatic carbocycles. The van der Waals surface area contributed by atoms with Crippen molar-refractivity contribution in [2.75, 3.05) is 6.61 Å². The van der Waals surface area contributed by atoms with Crippen LogP contribution in [0.4, 0.5) is 0 Å². The molecule has 0 N–H and O–H groups in total. The SMILES string of the molecule is CC(C)(C)[Si](C)(C)OC[C@H]1C[C@@H](I)[C@H]2C[C@@H]1C(=O)O2. The van der Waals surface area contributed by atoms with E-state index in [-0.39, 0.29) is 23.0 Å². The summed E-state index contributed by atoms with van der Waals surface area (Å²) in [4.78, 5) is 11.9. The van der Waals surface area contributed by atoms with Crippen LogP contribution < -0.4 is 0 Å². The molecule has 5 heteroatoms. The summed E-state index contributed by atoms with van der Waals surface area (Å²) < 4.78 is 12.2. The Kier molecular flexibility index (Phi) is 4.39. The minimum Gasteiger partial charge on any atom is -0.461 e. The smallest absolute Gasteiger partial charge is 0.309 e. The molecule has 1 heterocycles. The van der Waals surface area contributed by atoms with Gasteiger partial charge >= 0.3 is 5.97 Å². The average molecular weight is 396 g/mol. The zero-order chi connectivity index (χ0) is 14.4. The van der Waals surface area contributed by atoms with Crippen LogP contribution in [-0.4, -0.2) is 30.9 Å². The molecule has 4 atom stereocenters. The van der Waals surface area contributed by atoms with Crippen molar-refractivity contribution in [3.63, 3.8) is 0 Å². The highest BCUT2D eigenvalue weighted by molar-refractivity contribution is 14.1. The molecule has 1 aliphatic heterocycles. The van der Waals surface area contributed by atoms with Gasteiger partial charge in [0.1, 0.15) is 6.10 Å². The van der Waals surface area contributed by atoms with Gasteiger partial charge in [0.05, 0.1) is 5.92 Å². The number of fused-ring (bicyclic) bond motifs is 2. The molecule has 0 aromatic rings. The van der Waals surface area contributed by atoms with Crippen molar-refractivity contribution in [3.8, 4) is 0 Å². The number of ether oxygens (including phenoxy) is 1. The number of hydrogen-bond acceptors (Lipinski definition) is 3. The summed E-state index contributed by atoms with van der Waals surface area (Å²) in [5.74, 6) is 0.441. The molecule has 19 heavy (non-hydrogen) atoms. The number of hydrogen-bond donors (Lipinski definition) is 0. The second-order valence-corrected chi connectivity index (χ2v) is 13.8. The normalized spacial score (nSPS) is 35.4. The molecule has 1 saturated heterocycles. The van der Waals surface area contributed by atoms with Gasteiger partial charge in [-0.25, -0.2) is 0 Å². The van der Waals surface area contributed by atoms with Crippen molar-refractivity contribution in [2.24, 2.45) is 11.8 Å². The van der Waals surface area contributed by atoms with E-state index in [1.807, 2.05) is 0 Å². The van der Waals surface area contributed by atoms with Crippen LogP contribution >= 0.6 is 22.6 Å². The Morgan fingerprint density at radius 3 is 2.58 bits per heavy atom. The number of rotatable bonds is 3. The molecule has 0 unspecified atom stereocenters. The maximum absolute atomic E-state index is 11.9. The second-order valence-electron chi connectivity index (χ2n) is 7.40. The van der Waals surface area contributed by atoms with Gasteiger partial charge in [0.2, 0.25) is 0 Å². The standard InChI is InChI=1S/C14H25IO3Si/c1-14(2,3)19(4,5)17-8-9-6-11(15)12-7-10(9)13(16)18-12/h9-12H,6-8H2,1-5H3/t9-,10+,11-,12-/m1/s1. The van der Waals surface area contributed by atoms with Crippen molar-refractivity contribution < 1.29 is 14.0 Å². The Morgan fingerprint density at radius 1 is 1.37 bits per heavy atom. The molecule has 0 aromatic heterocycles. The van der Waals surface area contributed by atoms with E-state index in [9.17, 15) is 4.79 Å². The summed E-state index contributed by atoms with van der Waals surface area (Å²) >= 11 is 2.43. The van der Waals surface area contributed by atoms with Crippen LogP contribution in [-0.2, 0) is 14.0 Å². The lowest BCUT2D eigenvalue weighted by molar-refractivity contribution is -0.144. The largest absolute Gasteiger partial charge is 0.461 e. The third-order valence-corrected chi connectivity index (χ3v) is 10.8. The molecule has 2 rings (SSSR count). The molecule has 0 spiro atoms. The highest BCUT2D eigenvalue weighted by Crippen LogP contribution is 2.43. The van der Waals surface area contributed by atoms with Crippen molar-refractivity contribution in [1.29, 1.82) is 0 Å². The van der Waals surface area contributed by atoms with Crippen LogP contribution in [0, 0.1) is 11.8 Å². The minimum atomic E-state index is -1.72. The summed E-state index contributed by atoms with van der Waals surface area (Å²) in [7, 11) is -1.72. The molecule has 0 aromatic carbocycles. The average Bonchev–Trinajstić information content (AvgIpc) is 2.60. The molecule has 3 nitrogen and oxygen atoms in total. The predicted molar refractivity (Wildman–Crippen MR) is 87.1 cm³/mol. The van der Waals surface area contributed by atoms with Gasteiger partial charge in [0, 0.05) is 10.5 Å². The fourth-order valence-electron chi connectivity index (χ4n) is 2.56. The molecule has 0 amide bonds. The van der Waals surface area contributed by atoms with Crippen LogP contribution in [0.1, 0.15) is 33.6 Å². The molecule has 2 bridgehead atoms. The van der Waals surface area contributed by atoms with E-state index < -0.39 is 8.32 Å². The lowest BCUT2D eigenvalue weighted by Crippen LogP contribution is -2.43. The third-order valence-electron chi connectivity index (χ3n) is 5.02. The third kappa shape index (κ3) is 3.18. The second kappa shape index (κ2) is 5.29. The predicted octanol–water partition coefficient (Wildman–Crippen LogP) is 3.76. The van der Waals surface area contributed by atoms with Gasteiger partial charge in [-0.3, -0.25) is 4.79 Å². The van der Waals surface area contributed by atoms with Gasteiger partial charge in [-0.15, -0.1) is 0 Å². The zero-order valence-corrected chi connectivity index (χ0v) is 15.7. The van der Waals surface area contributed by atoms with Gasteiger partial charge in [-0.1, -0.05) is 43.4 Å². The summed E-state index contributed by atoms with van der Waals surface area (Å²) in [5, 5.41) is 0.226. The number of esters is 1. The first kappa shape index (κ1) is 15.8. The maximum atomic E-state index is 11.9. The summed E-state index contributed by atoms with van der Waals surface area (Å²) in [5.41, 5.74) is 0. The van der Waals surface area contributed by atoms with Crippen LogP contribution in [0.15, 0.2) is 0 Å². The van der Waals surface area contributed by atoms with Crippen molar-refractivity contribution in [2.45, 2.75) is 61.8 Å². The molecular weight excluding hydrogens is 371 g/mol. The van der Waals surface area contributed by atoms with Gasteiger partial charge < -0.3 is 9.16 Å². The molecule has 1 saturated carbocycles. The van der Waals surface area contributed by atoms with Crippen molar-refractivity contribution in [1.82, 2.24) is 0 Å². The van der Waals surface area contributed by atoms with Crippen molar-refractivity contribution in [3.05, 3.63) is 0 Å². The van der Waals surface area contributed by atoms with Gasteiger partial charge in [0.25, 0.3) is 0 Å². The Bertz CT molecular complexity index is 364. The molecule has 0 radical (unpaired) electrons. The van der Waals surface area contributed by atoms with E-state index in [1.165, 1.54) is 0 Å². The fourth-order valence-corrected chi connectivity index (χ4v) is 4.72. The van der Waals surface area contributed by atoms with Gasteiger partial charge in [0.15, 0.2) is 8.32 Å². The van der Waals surface area contributed by atoms with Gasteiger partial charge in [-0.05, 0) is 36.9 Å². The van der Waals surface area contributed by atoms with E-state index in [2.05, 4.69) is 56.5 Å². The Labute approximate surface area is 131 Å². The van der Waals surface area contributed by atoms with Crippen molar-refractivity contribution >= 4 is 36.9 Å². The van der Waals surface area contributed by atoms with E-state index in [4.69, 9.17) is 9.16 Å². The Hall–Kier alpha value is 0.377. The fraction of sp³-hybridized carbons (Fsp3) is 0.929. The number of carbonyl (C=O) groups is 1. The highest BCUT2D eigenvalue weighted by atomic mass is 127. The lowest BCUT2D eigenvalue weighted by Gasteiger charge is -2.38. The quantitative estimate of drug-likeness (QED) is 0.315. The minimum absolute atomic E-state index is 0.00741. The maximum Gasteiger partial charge on any atom is 0.309 e. The highest BCUT2D eigenvalue weighted by Gasteiger charge is 2.48. The molecule has 2 aliphatic rings. The van der Waals surface area contributed by atoms with Crippen LogP contribution in [0.5, 0.6) is 0 Å². The van der Waals surface area contributed by atoms with E-state index >= 15 is 0 Å². The van der Waals surface area contributed by atoms with Gasteiger partial charge in [-0.2, -0.15) is 0 Å². The van der Waals surface area contributed by atoms with E-state index in [0.717, 1.165) is 19.4 Å². The zero-order valence-electron chi connectivity index (χ0n) is 12.5. The van der Waals surface area contributed by atoms with Crippen LogP contribution in [0.25, 0.3) is 0 Å². The first-order valence-electron chi connectivity index (χ1n) is 7.10. The monoisotopic (exact) mass is 396 g/mol. The number of alkyl halides is 1. The number of carbonyl (C=O) groups excluding carboxylic acids is 1. The topological polar surface area (TPSA) is 35.5 Å². The van der Waals surface area contributed by atoms with E-state index in [1.54, 1.807) is 0 Å². The van der Waals surface area contributed by atoms with E-state index in [0.29, 0.717) is 9.84 Å². The Morgan fingerprint density at radius 2 is 2.00 bits per heavy atom. The molecule has 110 valence electrons. The first-order chi connectivity index (χ1) is 8.62. The summed E-state index contributed by atoms with van der Waals surface area (Å²) in [6.07, 6.45) is 2.11. The van der Waals surface area contributed by atoms with Crippen LogP contribution in [0.3, 0.4) is 0 Å². The number of halogens is 1. The van der Waals surface area contributed by atoms with Crippen LogP contribution in [0.2, 0.25) is 18.1 Å². The Balaban J connectivity index is 1.98. The molecular formula is C14H25IO3Si.